The number of carbonyl (C=O) groups excluding carboxylic acids is 3. The second kappa shape index (κ2) is 10.6. The number of nitrogens with one attached hydrogen (secondary N) is 1. The number of hydrogen-bond acceptors (Lipinski definition) is 10. The van der Waals surface area contributed by atoms with Crippen molar-refractivity contribution in [1.29, 1.82) is 0 Å². The molecule has 2 N–H and O–H groups in total. The number of hydrogen-bond donors (Lipinski definition) is 2. The molecule has 1 aliphatic carbocycles. The Bertz CT molecular complexity index is 1090. The van der Waals surface area contributed by atoms with Crippen LogP contribution in [0.5, 0.6) is 0 Å². The van der Waals surface area contributed by atoms with Crippen molar-refractivity contribution in [3.63, 3.8) is 0 Å². The van der Waals surface area contributed by atoms with Crippen LogP contribution in [-0.4, -0.2) is 83.5 Å². The summed E-state index contributed by atoms with van der Waals surface area (Å²) in [6, 6.07) is 5.98. The molecule has 1 aromatic rings. The van der Waals surface area contributed by atoms with E-state index in [-0.39, 0.29) is 39.2 Å². The number of hydroxylamine groups is 2. The number of halogens is 1. The summed E-state index contributed by atoms with van der Waals surface area (Å²) < 4.78 is 23.7. The fourth-order valence-corrected chi connectivity index (χ4v) is 6.40. The zero-order valence-electron chi connectivity index (χ0n) is 21.6. The first-order valence-corrected chi connectivity index (χ1v) is 13.9. The van der Waals surface area contributed by atoms with Gasteiger partial charge in [-0.05, 0) is 61.4 Å². The Labute approximate surface area is 234 Å². The second-order valence-corrected chi connectivity index (χ2v) is 12.3. The molecule has 3 heterocycles. The molecule has 0 radical (unpaired) electrons. The molecule has 208 valence electrons. The van der Waals surface area contributed by atoms with Gasteiger partial charge < -0.3 is 29.4 Å². The van der Waals surface area contributed by atoms with E-state index in [0.717, 1.165) is 9.13 Å². The Balaban J connectivity index is 1.41. The molecule has 4 fully saturated rings. The van der Waals surface area contributed by atoms with Crippen LogP contribution >= 0.6 is 22.6 Å². The van der Waals surface area contributed by atoms with E-state index >= 15 is 0 Å². The molecule has 0 spiro atoms. The summed E-state index contributed by atoms with van der Waals surface area (Å²) >= 11 is 2.22. The van der Waals surface area contributed by atoms with Crippen molar-refractivity contribution >= 4 is 40.4 Å². The van der Waals surface area contributed by atoms with E-state index in [0.29, 0.717) is 0 Å². The predicted octanol–water partition coefficient (Wildman–Crippen LogP) is 1.43. The molecule has 1 amide bonds. The molecule has 1 aromatic carbocycles. The molecule has 4 aliphatic rings. The maximum absolute atomic E-state index is 14.1. The fraction of sp³-hybridized carbons (Fsp3) is 0.654. The number of esters is 2. The monoisotopic (exact) mass is 644 g/mol. The molecule has 0 aromatic heterocycles. The van der Waals surface area contributed by atoms with E-state index in [1.54, 1.807) is 20.8 Å². The van der Waals surface area contributed by atoms with Gasteiger partial charge in [-0.25, -0.2) is 0 Å². The second-order valence-electron chi connectivity index (χ2n) is 11.2. The van der Waals surface area contributed by atoms with Gasteiger partial charge in [0.15, 0.2) is 6.04 Å². The summed E-state index contributed by atoms with van der Waals surface area (Å²) in [6.45, 7) is 5.21. The maximum atomic E-state index is 14.1. The molecule has 38 heavy (non-hydrogen) atoms. The van der Waals surface area contributed by atoms with E-state index < -0.39 is 65.4 Å². The van der Waals surface area contributed by atoms with Gasteiger partial charge in [-0.15, -0.1) is 0 Å². The van der Waals surface area contributed by atoms with E-state index in [1.165, 1.54) is 5.06 Å². The lowest BCUT2D eigenvalue weighted by Gasteiger charge is -2.49. The van der Waals surface area contributed by atoms with Gasteiger partial charge in [-0.2, -0.15) is 5.06 Å². The highest BCUT2D eigenvalue weighted by atomic mass is 127. The number of aliphatic hydroxyl groups excluding tert-OH is 1. The normalized spacial score (nSPS) is 32.9. The van der Waals surface area contributed by atoms with E-state index in [2.05, 4.69) is 27.9 Å². The Morgan fingerprint density at radius 1 is 1.26 bits per heavy atom. The third-order valence-electron chi connectivity index (χ3n) is 7.45. The molecule has 7 atom stereocenters. The summed E-state index contributed by atoms with van der Waals surface area (Å²) in [5.41, 5.74) is -1.03. The molecule has 12 heteroatoms. The summed E-state index contributed by atoms with van der Waals surface area (Å²) in [5, 5.41) is 14.4. The number of amides is 1. The highest BCUT2D eigenvalue weighted by Gasteiger charge is 2.74. The lowest BCUT2D eigenvalue weighted by Crippen LogP contribution is -2.70. The largest absolute Gasteiger partial charge is 0.460 e. The van der Waals surface area contributed by atoms with Gasteiger partial charge in [-0.3, -0.25) is 19.2 Å². The molecule has 11 nitrogen and oxygen atoms in total. The van der Waals surface area contributed by atoms with Gasteiger partial charge in [-0.1, -0.05) is 18.2 Å². The van der Waals surface area contributed by atoms with Crippen LogP contribution in [0, 0.1) is 8.99 Å². The average Bonchev–Trinajstić information content (AvgIpc) is 3.46. The smallest absolute Gasteiger partial charge is 0.327 e. The number of carbonyl (C=O) groups is 3. The van der Waals surface area contributed by atoms with Crippen LogP contribution in [0.15, 0.2) is 24.3 Å². The van der Waals surface area contributed by atoms with Crippen LogP contribution in [0.25, 0.3) is 0 Å². The molecule has 7 unspecified atom stereocenters. The van der Waals surface area contributed by atoms with Gasteiger partial charge in [0.25, 0.3) is 0 Å². The molecule has 2 bridgehead atoms. The van der Waals surface area contributed by atoms with Crippen LogP contribution in [0.2, 0.25) is 0 Å². The van der Waals surface area contributed by atoms with Crippen molar-refractivity contribution in [2.45, 2.75) is 88.7 Å². The first-order valence-electron chi connectivity index (χ1n) is 12.8. The van der Waals surface area contributed by atoms with Crippen molar-refractivity contribution in [1.82, 2.24) is 10.4 Å². The van der Waals surface area contributed by atoms with Gasteiger partial charge in [0.1, 0.15) is 42.2 Å². The Morgan fingerprint density at radius 3 is 2.71 bits per heavy atom. The van der Waals surface area contributed by atoms with E-state index in [1.807, 2.05) is 24.3 Å². The quantitative estimate of drug-likeness (QED) is 0.317. The van der Waals surface area contributed by atoms with Crippen LogP contribution in [0.4, 0.5) is 0 Å². The average molecular weight is 644 g/mol. The summed E-state index contributed by atoms with van der Waals surface area (Å²) in [6.07, 6.45) is -2.22. The lowest BCUT2D eigenvalue weighted by molar-refractivity contribution is -0.201. The molecule has 3 saturated heterocycles. The van der Waals surface area contributed by atoms with E-state index in [4.69, 9.17) is 23.8 Å². The third-order valence-corrected chi connectivity index (χ3v) is 8.50. The molecule has 5 rings (SSSR count). The van der Waals surface area contributed by atoms with Gasteiger partial charge in [0.05, 0.1) is 19.2 Å². The molecule has 1 saturated carbocycles. The standard InChI is InChI=1S/C26H33IN2O9/c1-25(2,3)37-18(31)9-8-15(12-30)28-24(33)26-10-17-19-20(35-13-34-19)22(26)38-29(21(26)23(32)36-17)11-14-6-4-5-7-16(14)27/h4-7,15,17,19-22,30H,8-13H2,1-3H3,(H,28,33). The first-order chi connectivity index (χ1) is 18.0. The van der Waals surface area contributed by atoms with Crippen LogP contribution in [-0.2, 0) is 44.7 Å². The van der Waals surface area contributed by atoms with Crippen LogP contribution < -0.4 is 5.32 Å². The highest BCUT2D eigenvalue weighted by molar-refractivity contribution is 14.1. The first kappa shape index (κ1) is 27.7. The number of rotatable bonds is 8. The van der Waals surface area contributed by atoms with Gasteiger partial charge in [0.2, 0.25) is 5.91 Å². The summed E-state index contributed by atoms with van der Waals surface area (Å²) in [7, 11) is 0. The minimum atomic E-state index is -1.32. The lowest BCUT2D eigenvalue weighted by atomic mass is 9.62. The van der Waals surface area contributed by atoms with Crippen molar-refractivity contribution in [2.24, 2.45) is 5.41 Å². The number of fused-ring (bicyclic) bond motifs is 4. The Morgan fingerprint density at radius 2 is 2.00 bits per heavy atom. The molecule has 3 aliphatic heterocycles. The molecular weight excluding hydrogens is 611 g/mol. The number of benzene rings is 1. The summed E-state index contributed by atoms with van der Waals surface area (Å²) in [4.78, 5) is 46.1. The molecular formula is C26H33IN2O9. The van der Waals surface area contributed by atoms with E-state index in [9.17, 15) is 19.5 Å². The minimum Gasteiger partial charge on any atom is -0.460 e. The topological polar surface area (TPSA) is 133 Å². The zero-order valence-corrected chi connectivity index (χ0v) is 23.7. The fourth-order valence-electron chi connectivity index (χ4n) is 5.84. The Hall–Kier alpha value is -1.84. The minimum absolute atomic E-state index is 0.0113. The van der Waals surface area contributed by atoms with Crippen LogP contribution in [0.3, 0.4) is 0 Å². The Kier molecular flexibility index (Phi) is 7.74. The maximum Gasteiger partial charge on any atom is 0.327 e. The third kappa shape index (κ3) is 5.06. The van der Waals surface area contributed by atoms with Crippen molar-refractivity contribution in [2.75, 3.05) is 13.4 Å². The van der Waals surface area contributed by atoms with Gasteiger partial charge >= 0.3 is 11.9 Å². The van der Waals surface area contributed by atoms with Crippen molar-refractivity contribution < 1.29 is 43.3 Å². The highest BCUT2D eigenvalue weighted by Crippen LogP contribution is 2.55. The van der Waals surface area contributed by atoms with Crippen molar-refractivity contribution in [3.8, 4) is 0 Å². The summed E-state index contributed by atoms with van der Waals surface area (Å²) in [5.74, 6) is -1.43. The predicted molar refractivity (Wildman–Crippen MR) is 139 cm³/mol. The number of ether oxygens (including phenoxy) is 4. The van der Waals surface area contributed by atoms with Gasteiger partial charge in [0, 0.05) is 16.4 Å². The number of aliphatic hydroxyl groups is 1. The van der Waals surface area contributed by atoms with Crippen molar-refractivity contribution in [3.05, 3.63) is 33.4 Å². The van der Waals surface area contributed by atoms with Crippen LogP contribution in [0.1, 0.15) is 45.6 Å². The SMILES string of the molecule is CC(C)(C)OC(=O)CCC(CO)NC(=O)C12CC3OC(=O)C1N(Cc1ccccc1I)OC2C1OCOC31. The zero-order chi connectivity index (χ0) is 27.2. The number of nitrogens with zero attached hydrogens (tertiary/aromatic N) is 1.